The van der Waals surface area contributed by atoms with Crippen molar-refractivity contribution >= 4 is 23.7 Å². The minimum atomic E-state index is -1.20. The van der Waals surface area contributed by atoms with Gasteiger partial charge in [0.1, 0.15) is 24.2 Å². The molecule has 5 unspecified atom stereocenters. The quantitative estimate of drug-likeness (QED) is 0.244. The van der Waals surface area contributed by atoms with Crippen LogP contribution in [0.3, 0.4) is 0 Å². The van der Waals surface area contributed by atoms with E-state index in [4.69, 9.17) is 5.73 Å². The highest BCUT2D eigenvalue weighted by Gasteiger charge is 2.33. The summed E-state index contributed by atoms with van der Waals surface area (Å²) in [6.45, 7) is 11.9. The van der Waals surface area contributed by atoms with Crippen LogP contribution in [-0.2, 0) is 19.2 Å². The van der Waals surface area contributed by atoms with Crippen molar-refractivity contribution in [2.45, 2.75) is 85.2 Å². The molecule has 10 heteroatoms. The van der Waals surface area contributed by atoms with E-state index >= 15 is 0 Å². The lowest BCUT2D eigenvalue weighted by atomic mass is 9.98. The first-order chi connectivity index (χ1) is 13.7. The van der Waals surface area contributed by atoms with E-state index in [1.807, 2.05) is 13.8 Å². The van der Waals surface area contributed by atoms with Crippen LogP contribution in [0.1, 0.15) is 54.9 Å². The van der Waals surface area contributed by atoms with Gasteiger partial charge in [0.2, 0.25) is 17.7 Å². The number of aliphatic carboxylic acids is 1. The molecule has 0 aliphatic heterocycles. The van der Waals surface area contributed by atoms with Gasteiger partial charge in [-0.15, -0.1) is 0 Å². The van der Waals surface area contributed by atoms with Crippen molar-refractivity contribution in [2.75, 3.05) is 0 Å². The van der Waals surface area contributed by atoms with E-state index in [-0.39, 0.29) is 17.8 Å². The second-order valence-electron chi connectivity index (χ2n) is 8.76. The first-order valence-electron chi connectivity index (χ1n) is 10.3. The number of carboxylic acids is 1. The minimum Gasteiger partial charge on any atom is -0.480 e. The van der Waals surface area contributed by atoms with Gasteiger partial charge < -0.3 is 31.9 Å². The second kappa shape index (κ2) is 12.5. The van der Waals surface area contributed by atoms with Gasteiger partial charge in [0.25, 0.3) is 0 Å². The summed E-state index contributed by atoms with van der Waals surface area (Å²) in [5.41, 5.74) is 5.63. The van der Waals surface area contributed by atoms with Crippen LogP contribution in [0.2, 0.25) is 0 Å². The number of aliphatic hydroxyl groups is 1. The number of hydrogen-bond acceptors (Lipinski definition) is 6. The van der Waals surface area contributed by atoms with Gasteiger partial charge in [-0.2, -0.15) is 0 Å². The molecule has 30 heavy (non-hydrogen) atoms. The summed E-state index contributed by atoms with van der Waals surface area (Å²) in [7, 11) is 0. The average Bonchev–Trinajstić information content (AvgIpc) is 2.60. The van der Waals surface area contributed by atoms with E-state index in [1.165, 1.54) is 6.92 Å². The van der Waals surface area contributed by atoms with Crippen molar-refractivity contribution in [3.05, 3.63) is 0 Å². The van der Waals surface area contributed by atoms with Gasteiger partial charge in [0.15, 0.2) is 0 Å². The van der Waals surface area contributed by atoms with E-state index in [9.17, 15) is 29.4 Å². The third-order valence-electron chi connectivity index (χ3n) is 4.64. The van der Waals surface area contributed by atoms with Crippen molar-refractivity contribution in [3.63, 3.8) is 0 Å². The molecule has 0 aromatic heterocycles. The summed E-state index contributed by atoms with van der Waals surface area (Å²) in [5.74, 6) is -3.66. The normalized spacial score (nSPS) is 16.5. The second-order valence-corrected chi connectivity index (χ2v) is 8.76. The molecule has 0 aromatic rings. The lowest BCUT2D eigenvalue weighted by Gasteiger charge is -2.28. The Morgan fingerprint density at radius 1 is 0.767 bits per heavy atom. The summed E-state index contributed by atoms with van der Waals surface area (Å²) >= 11 is 0. The van der Waals surface area contributed by atoms with Crippen molar-refractivity contribution in [1.29, 1.82) is 0 Å². The van der Waals surface area contributed by atoms with Crippen LogP contribution in [0.4, 0.5) is 0 Å². The summed E-state index contributed by atoms with van der Waals surface area (Å²) in [5, 5.41) is 26.4. The zero-order valence-corrected chi connectivity index (χ0v) is 18.9. The maximum Gasteiger partial charge on any atom is 0.326 e. The van der Waals surface area contributed by atoms with Gasteiger partial charge >= 0.3 is 5.97 Å². The molecule has 0 aromatic carbocycles. The van der Waals surface area contributed by atoms with Crippen LogP contribution < -0.4 is 21.7 Å². The molecule has 3 amide bonds. The van der Waals surface area contributed by atoms with Crippen LogP contribution >= 0.6 is 0 Å². The monoisotopic (exact) mass is 430 g/mol. The highest BCUT2D eigenvalue weighted by atomic mass is 16.4. The number of aliphatic hydroxyl groups excluding tert-OH is 1. The summed E-state index contributed by atoms with van der Waals surface area (Å²) in [6, 6.07) is -4.24. The highest BCUT2D eigenvalue weighted by Crippen LogP contribution is 2.10. The molecule has 7 N–H and O–H groups in total. The molecule has 0 aliphatic rings. The van der Waals surface area contributed by atoms with E-state index in [0.29, 0.717) is 6.42 Å². The molecule has 0 spiro atoms. The Morgan fingerprint density at radius 2 is 1.23 bits per heavy atom. The van der Waals surface area contributed by atoms with Crippen molar-refractivity contribution in [3.8, 4) is 0 Å². The smallest absolute Gasteiger partial charge is 0.326 e. The van der Waals surface area contributed by atoms with Gasteiger partial charge in [-0.1, -0.05) is 41.5 Å². The largest absolute Gasteiger partial charge is 0.480 e. The third-order valence-corrected chi connectivity index (χ3v) is 4.64. The molecule has 0 rings (SSSR count). The zero-order chi connectivity index (χ0) is 23.8. The summed E-state index contributed by atoms with van der Waals surface area (Å²) in [6.07, 6.45) is -0.800. The van der Waals surface area contributed by atoms with Crippen LogP contribution in [-0.4, -0.2) is 64.2 Å². The van der Waals surface area contributed by atoms with E-state index in [0.717, 1.165) is 0 Å². The van der Waals surface area contributed by atoms with Crippen LogP contribution in [0.15, 0.2) is 0 Å². The predicted molar refractivity (Wildman–Crippen MR) is 112 cm³/mol. The number of nitrogens with one attached hydrogen (secondary N) is 3. The molecule has 10 nitrogen and oxygen atoms in total. The molecule has 0 heterocycles. The number of carbonyl (C=O) groups is 4. The van der Waals surface area contributed by atoms with E-state index < -0.39 is 54.0 Å². The lowest BCUT2D eigenvalue weighted by molar-refractivity contribution is -0.144. The number of rotatable bonds is 12. The molecule has 174 valence electrons. The Balaban J connectivity index is 5.44. The molecule has 0 fully saturated rings. The number of nitrogens with two attached hydrogens (primary N) is 1. The SMILES string of the molecule is CC(C)CC(NC(=O)C(N)C(C)O)C(=O)NC(C(=O)NC(C(=O)O)C(C)C)C(C)C. The molecule has 0 bridgehead atoms. The Bertz CT molecular complexity index is 606. The van der Waals surface area contributed by atoms with Crippen molar-refractivity contribution in [1.82, 2.24) is 16.0 Å². The standard InChI is InChI=1S/C20H38N4O6/c1-9(2)8-13(22-18(27)14(21)12(7)25)17(26)23-15(10(3)4)19(28)24-16(11(5)6)20(29)30/h9-16,25H,8,21H2,1-7H3,(H,22,27)(H,23,26)(H,24,28)(H,29,30). The number of carboxylic acid groups (broad SMARTS) is 1. The number of carbonyl (C=O) groups excluding carboxylic acids is 3. The fourth-order valence-corrected chi connectivity index (χ4v) is 2.74. The van der Waals surface area contributed by atoms with Crippen LogP contribution in [0, 0.1) is 17.8 Å². The van der Waals surface area contributed by atoms with Crippen molar-refractivity contribution in [2.24, 2.45) is 23.5 Å². The minimum absolute atomic E-state index is 0.0486. The Labute approximate surface area is 178 Å². The molecule has 0 saturated heterocycles. The summed E-state index contributed by atoms with van der Waals surface area (Å²) < 4.78 is 0. The average molecular weight is 431 g/mol. The first-order valence-corrected chi connectivity index (χ1v) is 10.3. The number of hydrogen-bond donors (Lipinski definition) is 6. The molecule has 0 radical (unpaired) electrons. The van der Waals surface area contributed by atoms with Crippen LogP contribution in [0.25, 0.3) is 0 Å². The maximum absolute atomic E-state index is 12.9. The fourth-order valence-electron chi connectivity index (χ4n) is 2.74. The van der Waals surface area contributed by atoms with E-state index in [1.54, 1.807) is 27.7 Å². The molecular weight excluding hydrogens is 392 g/mol. The predicted octanol–water partition coefficient (Wildman–Crippen LogP) is -0.408. The van der Waals surface area contributed by atoms with Gasteiger partial charge in [-0.05, 0) is 31.1 Å². The van der Waals surface area contributed by atoms with Gasteiger partial charge in [-0.25, -0.2) is 4.79 Å². The number of amides is 3. The van der Waals surface area contributed by atoms with Gasteiger partial charge in [0.05, 0.1) is 6.10 Å². The van der Waals surface area contributed by atoms with Crippen molar-refractivity contribution < 1.29 is 29.4 Å². The third kappa shape index (κ3) is 9.08. The Morgan fingerprint density at radius 3 is 1.60 bits per heavy atom. The molecule has 5 atom stereocenters. The molecule has 0 aliphatic carbocycles. The lowest BCUT2D eigenvalue weighted by Crippen LogP contribution is -2.59. The topological polar surface area (TPSA) is 171 Å². The van der Waals surface area contributed by atoms with Gasteiger partial charge in [0, 0.05) is 0 Å². The molecule has 0 saturated carbocycles. The highest BCUT2D eigenvalue weighted by molar-refractivity contribution is 5.94. The maximum atomic E-state index is 12.9. The van der Waals surface area contributed by atoms with Gasteiger partial charge in [-0.3, -0.25) is 14.4 Å². The fraction of sp³-hybridized carbons (Fsp3) is 0.800. The van der Waals surface area contributed by atoms with Crippen LogP contribution in [0.5, 0.6) is 0 Å². The Hall–Kier alpha value is -2.20. The molecular formula is C20H38N4O6. The first kappa shape index (κ1) is 27.8. The summed E-state index contributed by atoms with van der Waals surface area (Å²) in [4.78, 5) is 49.1. The van der Waals surface area contributed by atoms with E-state index in [2.05, 4.69) is 16.0 Å². The Kier molecular flexibility index (Phi) is 11.6. The zero-order valence-electron chi connectivity index (χ0n) is 18.9.